The number of nitriles is 1. The van der Waals surface area contributed by atoms with Gasteiger partial charge in [-0.05, 0) is 20.8 Å². The van der Waals surface area contributed by atoms with Gasteiger partial charge in [0.2, 0.25) is 0 Å². The smallest absolute Gasteiger partial charge is 0.164 e. The normalized spacial score (nSPS) is 22.9. The number of ether oxygens (including phenoxy) is 1. The summed E-state index contributed by atoms with van der Waals surface area (Å²) in [6, 6.07) is 2.09. The molecule has 74 valence electrons. The first kappa shape index (κ1) is 10.6. The minimum Gasteiger partial charge on any atom is -0.375 e. The molecule has 0 aromatic heterocycles. The Balaban J connectivity index is 2.59. The highest BCUT2D eigenvalue weighted by Gasteiger charge is 2.42. The van der Waals surface area contributed by atoms with Gasteiger partial charge in [-0.3, -0.25) is 0 Å². The van der Waals surface area contributed by atoms with E-state index in [9.17, 15) is 4.21 Å². The molecule has 4 nitrogen and oxygen atoms in total. The van der Waals surface area contributed by atoms with Crippen LogP contribution in [0.25, 0.3) is 0 Å². The van der Waals surface area contributed by atoms with Crippen LogP contribution in [0, 0.1) is 11.3 Å². The van der Waals surface area contributed by atoms with E-state index in [-0.39, 0.29) is 4.75 Å². The second-order valence-electron chi connectivity index (χ2n) is 4.17. The van der Waals surface area contributed by atoms with Crippen LogP contribution in [-0.4, -0.2) is 27.7 Å². The van der Waals surface area contributed by atoms with Gasteiger partial charge >= 0.3 is 0 Å². The fourth-order valence-corrected chi connectivity index (χ4v) is 1.61. The monoisotopic (exact) mass is 202 g/mol. The highest BCUT2D eigenvalue weighted by molar-refractivity contribution is 7.84. The van der Waals surface area contributed by atoms with E-state index in [4.69, 9.17) is 10.00 Å². The second kappa shape index (κ2) is 3.37. The van der Waals surface area contributed by atoms with Crippen molar-refractivity contribution in [3.8, 4) is 6.07 Å². The maximum absolute atomic E-state index is 11.6. The Morgan fingerprint density at radius 1 is 1.54 bits per heavy atom. The molecule has 0 saturated carbocycles. The Labute approximate surface area is 80.9 Å². The van der Waals surface area contributed by atoms with Crippen molar-refractivity contribution in [2.45, 2.75) is 31.1 Å². The third-order valence-corrected chi connectivity index (χ3v) is 3.44. The molecule has 1 aliphatic rings. The summed E-state index contributed by atoms with van der Waals surface area (Å²) < 4.78 is 19.0. The topological polar surface area (TPSA) is 62.1 Å². The minimum atomic E-state index is -1.21. The third-order valence-electron chi connectivity index (χ3n) is 1.76. The number of hydrogen-bond acceptors (Lipinski definition) is 3. The second-order valence-corrected chi connectivity index (χ2v) is 6.14. The lowest BCUT2D eigenvalue weighted by Crippen LogP contribution is -2.61. The first-order valence-corrected chi connectivity index (χ1v) is 5.23. The zero-order chi connectivity index (χ0) is 10.1. The van der Waals surface area contributed by atoms with Crippen LogP contribution in [-0.2, 0) is 15.7 Å². The van der Waals surface area contributed by atoms with Gasteiger partial charge in [0.25, 0.3) is 0 Å². The Hall–Kier alpha value is -0.440. The lowest BCUT2D eigenvalue weighted by atomic mass is 10.0. The summed E-state index contributed by atoms with van der Waals surface area (Å²) in [5, 5.41) is 8.82. The number of nitrogens with one attached hydrogen (secondary N) is 1. The van der Waals surface area contributed by atoms with Gasteiger partial charge in [-0.2, -0.15) is 5.26 Å². The van der Waals surface area contributed by atoms with Crippen LogP contribution in [0.3, 0.4) is 0 Å². The van der Waals surface area contributed by atoms with E-state index >= 15 is 0 Å². The molecule has 1 fully saturated rings. The van der Waals surface area contributed by atoms with Crippen LogP contribution in [0.2, 0.25) is 0 Å². The standard InChI is InChI=1S/C8H14N2O2S/c1-7(2,3)13(11)10-8(4-9)5-12-6-8/h10H,5-6H2,1-3H3/t13-/m1/s1. The lowest BCUT2D eigenvalue weighted by Gasteiger charge is -2.37. The van der Waals surface area contributed by atoms with Crippen molar-refractivity contribution in [2.24, 2.45) is 0 Å². The molecule has 1 saturated heterocycles. The maximum Gasteiger partial charge on any atom is 0.164 e. The zero-order valence-corrected chi connectivity index (χ0v) is 8.90. The summed E-state index contributed by atoms with van der Waals surface area (Å²) in [7, 11) is -1.21. The van der Waals surface area contributed by atoms with Gasteiger partial charge in [0, 0.05) is 0 Å². The molecule has 0 amide bonds. The first-order chi connectivity index (χ1) is 5.90. The minimum absolute atomic E-state index is 0.325. The van der Waals surface area contributed by atoms with Gasteiger partial charge in [0.1, 0.15) is 0 Å². The quantitative estimate of drug-likeness (QED) is 0.702. The van der Waals surface area contributed by atoms with Crippen molar-refractivity contribution >= 4 is 11.0 Å². The molecule has 5 heteroatoms. The van der Waals surface area contributed by atoms with Crippen LogP contribution in [0.1, 0.15) is 20.8 Å². The predicted molar refractivity (Wildman–Crippen MR) is 50.2 cm³/mol. The number of rotatable bonds is 2. The van der Waals surface area contributed by atoms with E-state index in [0.29, 0.717) is 13.2 Å². The molecule has 1 atom stereocenters. The van der Waals surface area contributed by atoms with E-state index in [1.807, 2.05) is 20.8 Å². The lowest BCUT2D eigenvalue weighted by molar-refractivity contribution is -0.0319. The molecule has 1 rings (SSSR count). The molecular weight excluding hydrogens is 188 g/mol. The molecule has 0 bridgehead atoms. The van der Waals surface area contributed by atoms with Crippen LogP contribution >= 0.6 is 0 Å². The van der Waals surface area contributed by atoms with Gasteiger partial charge < -0.3 is 4.74 Å². The molecule has 0 radical (unpaired) electrons. The van der Waals surface area contributed by atoms with Crippen molar-refractivity contribution in [1.29, 1.82) is 5.26 Å². The van der Waals surface area contributed by atoms with E-state index in [1.165, 1.54) is 0 Å². The third kappa shape index (κ3) is 2.27. The van der Waals surface area contributed by atoms with Gasteiger partial charge in [0.15, 0.2) is 5.54 Å². The number of nitrogens with zero attached hydrogens (tertiary/aromatic N) is 1. The summed E-state index contributed by atoms with van der Waals surface area (Å²) in [6.45, 7) is 6.23. The largest absolute Gasteiger partial charge is 0.375 e. The van der Waals surface area contributed by atoms with Gasteiger partial charge in [0.05, 0.1) is 35.0 Å². The van der Waals surface area contributed by atoms with Crippen molar-refractivity contribution in [1.82, 2.24) is 4.72 Å². The molecule has 1 N–H and O–H groups in total. The Bertz CT molecular complexity index is 260. The molecule has 1 aliphatic heterocycles. The number of hydrogen-bond donors (Lipinski definition) is 1. The molecule has 0 unspecified atom stereocenters. The van der Waals surface area contributed by atoms with Gasteiger partial charge in [-0.1, -0.05) is 0 Å². The van der Waals surface area contributed by atoms with E-state index in [1.54, 1.807) is 0 Å². The molecule has 13 heavy (non-hydrogen) atoms. The van der Waals surface area contributed by atoms with E-state index in [0.717, 1.165) is 0 Å². The van der Waals surface area contributed by atoms with Gasteiger partial charge in [-0.15, -0.1) is 0 Å². The summed E-state index contributed by atoms with van der Waals surface area (Å²) in [4.78, 5) is 0. The average Bonchev–Trinajstić information content (AvgIpc) is 1.94. The molecule has 0 spiro atoms. The van der Waals surface area contributed by atoms with Crippen molar-refractivity contribution in [2.75, 3.05) is 13.2 Å². The maximum atomic E-state index is 11.6. The first-order valence-electron chi connectivity index (χ1n) is 4.08. The zero-order valence-electron chi connectivity index (χ0n) is 8.09. The molecule has 1 heterocycles. The van der Waals surface area contributed by atoms with Crippen LogP contribution in [0.4, 0.5) is 0 Å². The Morgan fingerprint density at radius 2 is 2.08 bits per heavy atom. The van der Waals surface area contributed by atoms with Crippen molar-refractivity contribution < 1.29 is 8.95 Å². The van der Waals surface area contributed by atoms with Crippen LogP contribution in [0.5, 0.6) is 0 Å². The highest BCUT2D eigenvalue weighted by atomic mass is 32.2. The van der Waals surface area contributed by atoms with Crippen molar-refractivity contribution in [3.63, 3.8) is 0 Å². The summed E-state index contributed by atoms with van der Waals surface area (Å²) in [5.74, 6) is 0. The van der Waals surface area contributed by atoms with Crippen LogP contribution < -0.4 is 4.72 Å². The highest BCUT2D eigenvalue weighted by Crippen LogP contribution is 2.19. The van der Waals surface area contributed by atoms with Crippen molar-refractivity contribution in [3.05, 3.63) is 0 Å². The van der Waals surface area contributed by atoms with E-state index in [2.05, 4.69) is 10.8 Å². The van der Waals surface area contributed by atoms with Crippen LogP contribution in [0.15, 0.2) is 0 Å². The molecule has 0 aliphatic carbocycles. The van der Waals surface area contributed by atoms with Gasteiger partial charge in [-0.25, -0.2) is 8.93 Å². The fraction of sp³-hybridized carbons (Fsp3) is 0.875. The molecular formula is C8H14N2O2S. The molecule has 0 aromatic rings. The predicted octanol–water partition coefficient (Wildman–Crippen LogP) is 0.331. The average molecular weight is 202 g/mol. The SMILES string of the molecule is CC(C)(C)[S@@](=O)NC1(C#N)COC1. The summed E-state index contributed by atoms with van der Waals surface area (Å²) in [6.07, 6.45) is 0. The summed E-state index contributed by atoms with van der Waals surface area (Å²) in [5.41, 5.74) is -0.724. The summed E-state index contributed by atoms with van der Waals surface area (Å²) >= 11 is 0. The van der Waals surface area contributed by atoms with E-state index < -0.39 is 16.5 Å². The fourth-order valence-electron chi connectivity index (χ4n) is 0.783. The Kier molecular flexibility index (Phi) is 2.76. The molecule has 0 aromatic carbocycles. The Morgan fingerprint density at radius 3 is 2.31 bits per heavy atom.